The van der Waals surface area contributed by atoms with Gasteiger partial charge in [-0.25, -0.2) is 0 Å². The van der Waals surface area contributed by atoms with Crippen LogP contribution in [0.3, 0.4) is 0 Å². The number of carbonyl (C=O) groups is 2. The lowest BCUT2D eigenvalue weighted by molar-refractivity contribution is -0.141. The van der Waals surface area contributed by atoms with E-state index in [1.807, 2.05) is 69.3 Å². The third kappa shape index (κ3) is 4.58. The van der Waals surface area contributed by atoms with Gasteiger partial charge >= 0.3 is 0 Å². The molecule has 1 heterocycles. The van der Waals surface area contributed by atoms with Crippen LogP contribution in [0.15, 0.2) is 60.2 Å². The van der Waals surface area contributed by atoms with Crippen molar-refractivity contribution in [2.75, 3.05) is 13.2 Å². The van der Waals surface area contributed by atoms with Crippen LogP contribution in [0.4, 0.5) is 0 Å². The number of para-hydroxylation sites is 1. The minimum absolute atomic E-state index is 0.112. The second kappa shape index (κ2) is 9.99. The van der Waals surface area contributed by atoms with Crippen molar-refractivity contribution < 1.29 is 24.5 Å². The highest BCUT2D eigenvalue weighted by molar-refractivity contribution is 5.96. The molecule has 0 saturated heterocycles. The van der Waals surface area contributed by atoms with Gasteiger partial charge in [-0.15, -0.1) is 0 Å². The number of nitrogens with zero attached hydrogens (tertiary/aromatic N) is 1. The van der Waals surface area contributed by atoms with Gasteiger partial charge in [-0.05, 0) is 24.6 Å². The molecule has 34 heavy (non-hydrogen) atoms. The SMILES string of the molecule is Cc1ccc(CN(C(=O)C(C)C)C2C=C(C(=O)NCCO)C3c4ccccc4OC3C2O)cc1. The molecule has 0 radical (unpaired) electrons. The van der Waals surface area contributed by atoms with Gasteiger partial charge in [-0.1, -0.05) is 61.9 Å². The van der Waals surface area contributed by atoms with Crippen LogP contribution < -0.4 is 10.1 Å². The first-order valence-corrected chi connectivity index (χ1v) is 11.7. The lowest BCUT2D eigenvalue weighted by Crippen LogP contribution is -2.56. The molecule has 4 unspecified atom stereocenters. The largest absolute Gasteiger partial charge is 0.486 e. The number of amides is 2. The van der Waals surface area contributed by atoms with Crippen LogP contribution in [-0.4, -0.2) is 58.3 Å². The molecule has 0 bridgehead atoms. The highest BCUT2D eigenvalue weighted by atomic mass is 16.5. The zero-order valence-corrected chi connectivity index (χ0v) is 19.8. The Labute approximate surface area is 200 Å². The first-order valence-electron chi connectivity index (χ1n) is 11.7. The molecule has 1 aliphatic carbocycles. The second-order valence-corrected chi connectivity index (χ2v) is 9.29. The van der Waals surface area contributed by atoms with Gasteiger partial charge in [0.05, 0.1) is 18.6 Å². The number of hydrogen-bond acceptors (Lipinski definition) is 5. The van der Waals surface area contributed by atoms with Crippen molar-refractivity contribution in [1.29, 1.82) is 0 Å². The maximum atomic E-state index is 13.3. The summed E-state index contributed by atoms with van der Waals surface area (Å²) in [6.45, 7) is 5.87. The summed E-state index contributed by atoms with van der Waals surface area (Å²) in [7, 11) is 0. The summed E-state index contributed by atoms with van der Waals surface area (Å²) in [6, 6.07) is 14.6. The molecule has 0 fully saturated rings. The van der Waals surface area contributed by atoms with Crippen molar-refractivity contribution in [3.05, 3.63) is 76.9 Å². The quantitative estimate of drug-likeness (QED) is 0.584. The number of hydrogen-bond donors (Lipinski definition) is 3. The molecule has 7 heteroatoms. The van der Waals surface area contributed by atoms with Crippen LogP contribution >= 0.6 is 0 Å². The number of benzene rings is 2. The number of nitrogens with one attached hydrogen (secondary N) is 1. The molecule has 0 aromatic heterocycles. The highest BCUT2D eigenvalue weighted by Gasteiger charge is 2.50. The van der Waals surface area contributed by atoms with Crippen LogP contribution in [0.25, 0.3) is 0 Å². The zero-order valence-electron chi connectivity index (χ0n) is 19.8. The molecule has 0 saturated carbocycles. The van der Waals surface area contributed by atoms with Gasteiger partial charge in [0, 0.05) is 30.1 Å². The monoisotopic (exact) mass is 464 g/mol. The average molecular weight is 465 g/mol. The number of carbonyl (C=O) groups excluding carboxylic acids is 2. The van der Waals surface area contributed by atoms with Gasteiger partial charge in [0.25, 0.3) is 0 Å². The van der Waals surface area contributed by atoms with E-state index in [1.165, 1.54) is 0 Å². The zero-order chi connectivity index (χ0) is 24.4. The fraction of sp³-hybridized carbons (Fsp3) is 0.407. The standard InChI is InChI=1S/C27H32N2O5/c1-16(2)27(33)29(15-18-10-8-17(3)9-11-18)21-14-20(26(32)28-12-13-30)23-19-6-4-5-7-22(19)34-25(23)24(21)31/h4-11,14,16,21,23-25,30-31H,12-13,15H2,1-3H3,(H,28,32). The van der Waals surface area contributed by atoms with E-state index in [0.29, 0.717) is 17.9 Å². The second-order valence-electron chi connectivity index (χ2n) is 9.29. The van der Waals surface area contributed by atoms with Crippen molar-refractivity contribution in [1.82, 2.24) is 10.2 Å². The molecule has 4 atom stereocenters. The third-order valence-electron chi connectivity index (χ3n) is 6.49. The maximum Gasteiger partial charge on any atom is 0.247 e. The Balaban J connectivity index is 1.76. The van der Waals surface area contributed by atoms with Crippen LogP contribution in [-0.2, 0) is 16.1 Å². The number of aryl methyl sites for hydroxylation is 1. The Morgan fingerprint density at radius 2 is 1.82 bits per heavy atom. The molecule has 4 rings (SSSR count). The number of rotatable bonds is 7. The fourth-order valence-corrected chi connectivity index (χ4v) is 4.74. The smallest absolute Gasteiger partial charge is 0.247 e. The minimum Gasteiger partial charge on any atom is -0.486 e. The van der Waals surface area contributed by atoms with Gasteiger partial charge in [-0.2, -0.15) is 0 Å². The summed E-state index contributed by atoms with van der Waals surface area (Å²) in [5.41, 5.74) is 3.31. The van der Waals surface area contributed by atoms with E-state index in [1.54, 1.807) is 11.0 Å². The number of fused-ring (bicyclic) bond motifs is 3. The Kier molecular flexibility index (Phi) is 7.05. The van der Waals surface area contributed by atoms with Crippen LogP contribution in [0.2, 0.25) is 0 Å². The predicted molar refractivity (Wildman–Crippen MR) is 128 cm³/mol. The van der Waals surface area contributed by atoms with Crippen LogP contribution in [0.5, 0.6) is 5.75 Å². The van der Waals surface area contributed by atoms with Gasteiger partial charge in [0.1, 0.15) is 18.0 Å². The topological polar surface area (TPSA) is 99.1 Å². The van der Waals surface area contributed by atoms with Gasteiger partial charge in [0.2, 0.25) is 11.8 Å². The molecule has 1 aliphatic heterocycles. The van der Waals surface area contributed by atoms with Gasteiger partial charge in [-0.3, -0.25) is 9.59 Å². The van der Waals surface area contributed by atoms with Crippen molar-refractivity contribution in [3.63, 3.8) is 0 Å². The highest BCUT2D eigenvalue weighted by Crippen LogP contribution is 2.47. The molecule has 7 nitrogen and oxygen atoms in total. The molecule has 3 N–H and O–H groups in total. The van der Waals surface area contributed by atoms with E-state index < -0.39 is 24.2 Å². The summed E-state index contributed by atoms with van der Waals surface area (Å²) in [5.74, 6) is -0.592. The Morgan fingerprint density at radius 1 is 1.12 bits per heavy atom. The molecule has 2 aromatic carbocycles. The molecule has 0 spiro atoms. The molecular formula is C27H32N2O5. The normalized spacial score (nSPS) is 22.9. The minimum atomic E-state index is -1.03. The maximum absolute atomic E-state index is 13.3. The number of aliphatic hydroxyl groups is 2. The van der Waals surface area contributed by atoms with E-state index in [0.717, 1.165) is 16.7 Å². The molecule has 2 aromatic rings. The Hall–Kier alpha value is -3.16. The Morgan fingerprint density at radius 3 is 2.50 bits per heavy atom. The summed E-state index contributed by atoms with van der Waals surface area (Å²) in [4.78, 5) is 28.1. The first kappa shape index (κ1) is 24.0. The first-order chi connectivity index (χ1) is 16.3. The van der Waals surface area contributed by atoms with E-state index in [-0.39, 0.29) is 30.9 Å². The Bertz CT molecular complexity index is 1080. The van der Waals surface area contributed by atoms with Crippen molar-refractivity contribution in [2.24, 2.45) is 5.92 Å². The van der Waals surface area contributed by atoms with Crippen molar-refractivity contribution in [3.8, 4) is 5.75 Å². The van der Waals surface area contributed by atoms with E-state index >= 15 is 0 Å². The van der Waals surface area contributed by atoms with Crippen LogP contribution in [0, 0.1) is 12.8 Å². The fourth-order valence-electron chi connectivity index (χ4n) is 4.74. The van der Waals surface area contributed by atoms with E-state index in [2.05, 4.69) is 5.32 Å². The molecule has 2 aliphatic rings. The third-order valence-corrected chi connectivity index (χ3v) is 6.49. The molecular weight excluding hydrogens is 432 g/mol. The average Bonchev–Trinajstić information content (AvgIpc) is 3.22. The number of aliphatic hydroxyl groups excluding tert-OH is 2. The lowest BCUT2D eigenvalue weighted by Gasteiger charge is -2.41. The predicted octanol–water partition coefficient (Wildman–Crippen LogP) is 2.30. The molecule has 2 amide bonds. The van der Waals surface area contributed by atoms with E-state index in [4.69, 9.17) is 4.74 Å². The van der Waals surface area contributed by atoms with Gasteiger partial charge < -0.3 is 25.2 Å². The molecule has 180 valence electrons. The summed E-state index contributed by atoms with van der Waals surface area (Å²) in [6.07, 6.45) is -0.0268. The number of ether oxygens (including phenoxy) is 1. The van der Waals surface area contributed by atoms with Crippen molar-refractivity contribution >= 4 is 11.8 Å². The van der Waals surface area contributed by atoms with E-state index in [9.17, 15) is 19.8 Å². The summed E-state index contributed by atoms with van der Waals surface area (Å²) < 4.78 is 6.14. The van der Waals surface area contributed by atoms with Crippen molar-refractivity contribution in [2.45, 2.75) is 51.5 Å². The lowest BCUT2D eigenvalue weighted by atomic mass is 9.77. The van der Waals surface area contributed by atoms with Crippen LogP contribution in [0.1, 0.15) is 36.5 Å². The summed E-state index contributed by atoms with van der Waals surface area (Å²) in [5, 5.41) is 23.4. The van der Waals surface area contributed by atoms with Gasteiger partial charge in [0.15, 0.2) is 0 Å². The summed E-state index contributed by atoms with van der Waals surface area (Å²) >= 11 is 0.